The van der Waals surface area contributed by atoms with Crippen LogP contribution >= 0.6 is 11.6 Å². The maximum atomic E-state index is 14.0. The van der Waals surface area contributed by atoms with Crippen molar-refractivity contribution in [1.82, 2.24) is 10.2 Å². The van der Waals surface area contributed by atoms with Crippen molar-refractivity contribution >= 4 is 35.2 Å². The van der Waals surface area contributed by atoms with Crippen molar-refractivity contribution in [3.63, 3.8) is 0 Å². The maximum absolute atomic E-state index is 14.0. The number of aliphatic hydroxyl groups is 1. The summed E-state index contributed by atoms with van der Waals surface area (Å²) in [5, 5.41) is 16.0. The Labute approximate surface area is 243 Å². The molecule has 0 heterocycles. The van der Waals surface area contributed by atoms with E-state index in [1.807, 2.05) is 44.2 Å². The summed E-state index contributed by atoms with van der Waals surface area (Å²) in [5.41, 5.74) is 1.92. The molecule has 220 valence electrons. The summed E-state index contributed by atoms with van der Waals surface area (Å²) in [5.74, 6) is -1.02. The van der Waals surface area contributed by atoms with Crippen LogP contribution in [0.15, 0.2) is 42.5 Å². The fraction of sp³-hybridized carbons (Fsp3) is 0.516. The second-order valence-electron chi connectivity index (χ2n) is 11.0. The van der Waals surface area contributed by atoms with Gasteiger partial charge in [-0.1, -0.05) is 80.6 Å². The number of alkyl carbamates (subject to hydrolysis) is 1. The van der Waals surface area contributed by atoms with Crippen molar-refractivity contribution in [1.29, 1.82) is 0 Å². The molecular weight excluding hydrogens is 530 g/mol. The zero-order chi connectivity index (χ0) is 29.9. The molecule has 2 rings (SSSR count). The number of anilines is 1. The molecule has 9 heteroatoms. The number of amides is 3. The molecule has 0 aliphatic rings. The van der Waals surface area contributed by atoms with Crippen molar-refractivity contribution in [3.8, 4) is 0 Å². The molecule has 3 amide bonds. The summed E-state index contributed by atoms with van der Waals surface area (Å²) in [6.07, 6.45) is 3.83. The van der Waals surface area contributed by atoms with E-state index in [0.717, 1.165) is 36.8 Å². The van der Waals surface area contributed by atoms with Crippen molar-refractivity contribution in [2.45, 2.75) is 91.3 Å². The number of unbranched alkanes of at least 4 members (excludes halogenated alkanes) is 4. The number of rotatable bonds is 13. The van der Waals surface area contributed by atoms with Crippen molar-refractivity contribution in [3.05, 3.63) is 64.2 Å². The number of hydrogen-bond acceptors (Lipinski definition) is 5. The highest BCUT2D eigenvalue weighted by atomic mass is 35.5. The average molecular weight is 574 g/mol. The maximum Gasteiger partial charge on any atom is 0.408 e. The van der Waals surface area contributed by atoms with Gasteiger partial charge in [-0.3, -0.25) is 9.59 Å². The molecule has 2 aromatic rings. The molecule has 2 atom stereocenters. The number of hydrogen-bond donors (Lipinski definition) is 3. The van der Waals surface area contributed by atoms with Crippen LogP contribution in [0.25, 0.3) is 0 Å². The lowest BCUT2D eigenvalue weighted by Gasteiger charge is -2.35. The summed E-state index contributed by atoms with van der Waals surface area (Å²) in [4.78, 5) is 42.0. The monoisotopic (exact) mass is 573 g/mol. The van der Waals surface area contributed by atoms with Crippen LogP contribution in [0, 0.1) is 13.8 Å². The first-order chi connectivity index (χ1) is 18.9. The van der Waals surface area contributed by atoms with Gasteiger partial charge in [0.1, 0.15) is 17.7 Å². The minimum Gasteiger partial charge on any atom is -0.444 e. The van der Waals surface area contributed by atoms with Gasteiger partial charge < -0.3 is 25.4 Å². The molecule has 0 fully saturated rings. The molecule has 0 bridgehead atoms. The molecule has 0 aliphatic carbocycles. The Bertz CT molecular complexity index is 1130. The fourth-order valence-corrected chi connectivity index (χ4v) is 4.68. The first-order valence-electron chi connectivity index (χ1n) is 13.9. The molecular formula is C31H44ClN3O5. The van der Waals surface area contributed by atoms with Gasteiger partial charge in [0.05, 0.1) is 17.3 Å². The van der Waals surface area contributed by atoms with Crippen molar-refractivity contribution in [2.75, 3.05) is 18.5 Å². The predicted octanol–water partition coefficient (Wildman–Crippen LogP) is 6.32. The zero-order valence-corrected chi connectivity index (χ0v) is 25.3. The van der Waals surface area contributed by atoms with Crippen molar-refractivity contribution < 1.29 is 24.2 Å². The number of nitrogens with one attached hydrogen (secondary N) is 2. The minimum atomic E-state index is -1.30. The third-order valence-corrected chi connectivity index (χ3v) is 6.79. The van der Waals surface area contributed by atoms with Crippen LogP contribution in [0.4, 0.5) is 10.5 Å². The number of carbonyl (C=O) groups is 3. The predicted molar refractivity (Wildman–Crippen MR) is 159 cm³/mol. The van der Waals surface area contributed by atoms with Gasteiger partial charge in [-0.2, -0.15) is 0 Å². The van der Waals surface area contributed by atoms with E-state index in [4.69, 9.17) is 16.3 Å². The highest BCUT2D eigenvalue weighted by Crippen LogP contribution is 2.31. The summed E-state index contributed by atoms with van der Waals surface area (Å²) >= 11 is 6.42. The number of para-hydroxylation sites is 1. The van der Waals surface area contributed by atoms with Gasteiger partial charge in [0, 0.05) is 6.54 Å². The lowest BCUT2D eigenvalue weighted by Crippen LogP contribution is -2.54. The largest absolute Gasteiger partial charge is 0.444 e. The highest BCUT2D eigenvalue weighted by Gasteiger charge is 2.36. The average Bonchev–Trinajstić information content (AvgIpc) is 2.88. The number of aryl methyl sites for hydroxylation is 2. The SMILES string of the molecule is CCCCCCCN(C(=O)C(CO)NC(=O)OC(C)(C)C)C(C(=O)Nc1c(C)cccc1Cl)c1ccccc1C. The zero-order valence-electron chi connectivity index (χ0n) is 24.6. The lowest BCUT2D eigenvalue weighted by molar-refractivity contribution is -0.141. The van der Waals surface area contributed by atoms with E-state index >= 15 is 0 Å². The standard InChI is InChI=1S/C31H44ClN3O5/c1-7-8-9-10-13-19-35(29(38)25(20-36)33-30(39)40-31(4,5)6)27(23-17-12-11-15-21(23)2)28(37)34-26-22(3)16-14-18-24(26)32/h11-12,14-18,25,27,36H,7-10,13,19-20H2,1-6H3,(H,33,39)(H,34,37). The van der Waals surface area contributed by atoms with Crippen LogP contribution in [-0.2, 0) is 14.3 Å². The molecule has 40 heavy (non-hydrogen) atoms. The van der Waals surface area contributed by atoms with Crippen LogP contribution in [0.2, 0.25) is 5.02 Å². The van der Waals surface area contributed by atoms with E-state index in [1.165, 1.54) is 4.90 Å². The molecule has 0 aromatic heterocycles. The number of ether oxygens (including phenoxy) is 1. The van der Waals surface area contributed by atoms with Gasteiger partial charge in [-0.05, 0) is 63.8 Å². The van der Waals surface area contributed by atoms with Crippen LogP contribution in [-0.4, -0.2) is 52.7 Å². The van der Waals surface area contributed by atoms with Crippen LogP contribution in [0.3, 0.4) is 0 Å². The molecule has 2 unspecified atom stereocenters. The second kappa shape index (κ2) is 15.6. The van der Waals surface area contributed by atoms with Crippen LogP contribution < -0.4 is 10.6 Å². The quantitative estimate of drug-likeness (QED) is 0.243. The van der Waals surface area contributed by atoms with E-state index in [2.05, 4.69) is 17.6 Å². The first kappa shape index (κ1) is 33.1. The normalized spacial score (nSPS) is 12.8. The third-order valence-electron chi connectivity index (χ3n) is 6.47. The number of benzene rings is 2. The number of aliphatic hydroxyl groups excluding tert-OH is 1. The minimum absolute atomic E-state index is 0.253. The summed E-state index contributed by atoms with van der Waals surface area (Å²) < 4.78 is 5.32. The van der Waals surface area contributed by atoms with Crippen molar-refractivity contribution in [2.24, 2.45) is 0 Å². The fourth-order valence-electron chi connectivity index (χ4n) is 4.41. The van der Waals surface area contributed by atoms with Gasteiger partial charge in [-0.25, -0.2) is 4.79 Å². The van der Waals surface area contributed by atoms with E-state index in [1.54, 1.807) is 32.9 Å². The van der Waals surface area contributed by atoms with Gasteiger partial charge in [0.15, 0.2) is 0 Å². The van der Waals surface area contributed by atoms with Crippen LogP contribution in [0.1, 0.15) is 82.5 Å². The van der Waals surface area contributed by atoms with E-state index in [-0.39, 0.29) is 6.54 Å². The Hall–Kier alpha value is -3.10. The molecule has 0 radical (unpaired) electrons. The Balaban J connectivity index is 2.52. The van der Waals surface area contributed by atoms with Gasteiger partial charge in [-0.15, -0.1) is 0 Å². The van der Waals surface area contributed by atoms with E-state index < -0.39 is 42.2 Å². The number of nitrogens with zero attached hydrogens (tertiary/aromatic N) is 1. The second-order valence-corrected chi connectivity index (χ2v) is 11.4. The summed E-state index contributed by atoms with van der Waals surface area (Å²) in [6.45, 7) is 10.6. The molecule has 0 aliphatic heterocycles. The lowest BCUT2D eigenvalue weighted by atomic mass is 9.97. The van der Waals surface area contributed by atoms with Gasteiger partial charge in [0.2, 0.25) is 5.91 Å². The molecule has 0 saturated carbocycles. The Kier molecular flexibility index (Phi) is 12.9. The van der Waals surface area contributed by atoms with Gasteiger partial charge >= 0.3 is 6.09 Å². The van der Waals surface area contributed by atoms with E-state index in [0.29, 0.717) is 22.7 Å². The smallest absolute Gasteiger partial charge is 0.408 e. The molecule has 2 aromatic carbocycles. The molecule has 0 spiro atoms. The Morgan fingerprint density at radius 2 is 1.62 bits per heavy atom. The van der Waals surface area contributed by atoms with E-state index in [9.17, 15) is 19.5 Å². The van der Waals surface area contributed by atoms with Crippen LogP contribution in [0.5, 0.6) is 0 Å². The summed E-state index contributed by atoms with van der Waals surface area (Å²) in [7, 11) is 0. The third kappa shape index (κ3) is 9.82. The molecule has 3 N–H and O–H groups in total. The number of carbonyl (C=O) groups excluding carboxylic acids is 3. The highest BCUT2D eigenvalue weighted by molar-refractivity contribution is 6.34. The number of halogens is 1. The summed E-state index contributed by atoms with van der Waals surface area (Å²) in [6, 6.07) is 10.4. The molecule has 0 saturated heterocycles. The topological polar surface area (TPSA) is 108 Å². The Morgan fingerprint density at radius 1 is 0.975 bits per heavy atom. The Morgan fingerprint density at radius 3 is 2.23 bits per heavy atom. The van der Waals surface area contributed by atoms with Gasteiger partial charge in [0.25, 0.3) is 5.91 Å². The first-order valence-corrected chi connectivity index (χ1v) is 14.3. The molecule has 8 nitrogen and oxygen atoms in total.